The fourth-order valence-corrected chi connectivity index (χ4v) is 9.54. The number of carbonyl (C=O) groups excluding carboxylic acids is 1. The summed E-state index contributed by atoms with van der Waals surface area (Å²) in [4.78, 5) is 12.5. The molecule has 0 spiro atoms. The standard InChI is InChI=1S/C66H121NO3/c1-3-5-7-9-11-13-15-17-19-21-23-25-27-29-31-33-35-37-39-41-43-45-47-49-51-53-55-57-59-61-65(69)64(63-68)67-66(70)62-60-58-56-54-52-50-48-46-44-42-40-38-36-34-32-30-28-26-24-22-20-18-16-14-12-10-8-6-4-2/h6,8,12,14,18,20,24,26,30,32,36,38,64-65,68-69H,3-5,7,9-11,13,15-17,19,21-23,25,27-29,31,33-35,37,39-63H2,1-2H3,(H,67,70)/b8-6-,14-12-,20-18-,26-24-,32-30-,38-36-. The van der Waals surface area contributed by atoms with E-state index in [1.165, 1.54) is 231 Å². The van der Waals surface area contributed by atoms with Crippen LogP contribution in [0.25, 0.3) is 0 Å². The Morgan fingerprint density at radius 1 is 0.357 bits per heavy atom. The highest BCUT2D eigenvalue weighted by Gasteiger charge is 2.20. The average Bonchev–Trinajstić information content (AvgIpc) is 3.36. The SMILES string of the molecule is CC/C=C\C/C=C\C/C=C\C/C=C\C/C=C\C/C=C\CCCCCCCCCCCCC(=O)NC(CO)C(O)CCCCCCCCCCCCCCCCCCCCCCCCCCCCCCC. The van der Waals surface area contributed by atoms with Crippen LogP contribution in [0, 0.1) is 0 Å². The fraction of sp³-hybridized carbons (Fsp3) is 0.803. The van der Waals surface area contributed by atoms with E-state index >= 15 is 0 Å². The molecule has 2 unspecified atom stereocenters. The quantitative estimate of drug-likeness (QED) is 0.0420. The van der Waals surface area contributed by atoms with Gasteiger partial charge in [-0.1, -0.05) is 324 Å². The van der Waals surface area contributed by atoms with E-state index in [2.05, 4.69) is 92.1 Å². The summed E-state index contributed by atoms with van der Waals surface area (Å²) >= 11 is 0. The maximum absolute atomic E-state index is 12.5. The van der Waals surface area contributed by atoms with Crippen LogP contribution in [-0.4, -0.2) is 34.9 Å². The van der Waals surface area contributed by atoms with Gasteiger partial charge in [0.05, 0.1) is 18.8 Å². The van der Waals surface area contributed by atoms with E-state index in [4.69, 9.17) is 0 Å². The zero-order valence-corrected chi connectivity index (χ0v) is 47.0. The smallest absolute Gasteiger partial charge is 0.220 e. The van der Waals surface area contributed by atoms with Crippen LogP contribution in [0.3, 0.4) is 0 Å². The van der Waals surface area contributed by atoms with Gasteiger partial charge in [-0.05, 0) is 64.2 Å². The number of aliphatic hydroxyl groups is 2. The monoisotopic (exact) mass is 976 g/mol. The number of hydrogen-bond donors (Lipinski definition) is 3. The van der Waals surface area contributed by atoms with E-state index in [0.29, 0.717) is 12.8 Å². The number of aliphatic hydroxyl groups excluding tert-OH is 2. The molecule has 4 heteroatoms. The minimum atomic E-state index is -0.667. The summed E-state index contributed by atoms with van der Waals surface area (Å²) in [5.41, 5.74) is 0. The molecule has 0 heterocycles. The molecule has 0 bridgehead atoms. The lowest BCUT2D eigenvalue weighted by atomic mass is 10.0. The second kappa shape index (κ2) is 61.1. The van der Waals surface area contributed by atoms with Gasteiger partial charge in [0, 0.05) is 6.42 Å². The number of allylic oxidation sites excluding steroid dienone is 12. The van der Waals surface area contributed by atoms with Crippen LogP contribution in [0.5, 0.6) is 0 Å². The van der Waals surface area contributed by atoms with Gasteiger partial charge in [0.2, 0.25) is 5.91 Å². The van der Waals surface area contributed by atoms with E-state index in [1.807, 2.05) is 0 Å². The first-order valence-electron chi connectivity index (χ1n) is 31.1. The van der Waals surface area contributed by atoms with Crippen molar-refractivity contribution in [3.05, 3.63) is 72.9 Å². The molecule has 0 rings (SSSR count). The number of nitrogens with one attached hydrogen (secondary N) is 1. The Morgan fingerprint density at radius 3 is 0.943 bits per heavy atom. The van der Waals surface area contributed by atoms with Crippen molar-refractivity contribution in [1.82, 2.24) is 5.32 Å². The molecule has 0 aliphatic heterocycles. The molecule has 408 valence electrons. The molecule has 4 nitrogen and oxygen atoms in total. The van der Waals surface area contributed by atoms with Crippen molar-refractivity contribution in [2.45, 2.75) is 334 Å². The molecule has 0 aliphatic rings. The molecule has 0 aromatic carbocycles. The van der Waals surface area contributed by atoms with E-state index in [1.54, 1.807) is 0 Å². The van der Waals surface area contributed by atoms with Gasteiger partial charge in [0.15, 0.2) is 0 Å². The lowest BCUT2D eigenvalue weighted by Gasteiger charge is -2.22. The van der Waals surface area contributed by atoms with E-state index in [9.17, 15) is 15.0 Å². The number of carbonyl (C=O) groups is 1. The molecule has 0 saturated heterocycles. The minimum absolute atomic E-state index is 0.0345. The molecule has 0 fully saturated rings. The summed E-state index contributed by atoms with van der Waals surface area (Å²) in [7, 11) is 0. The van der Waals surface area contributed by atoms with Crippen molar-refractivity contribution >= 4 is 5.91 Å². The maximum atomic E-state index is 12.5. The van der Waals surface area contributed by atoms with Gasteiger partial charge in [-0.25, -0.2) is 0 Å². The third-order valence-corrected chi connectivity index (χ3v) is 14.2. The fourth-order valence-electron chi connectivity index (χ4n) is 9.54. The molecular formula is C66H121NO3. The molecule has 0 saturated carbocycles. The van der Waals surface area contributed by atoms with Crippen molar-refractivity contribution in [2.24, 2.45) is 0 Å². The molecule has 0 aliphatic carbocycles. The molecule has 0 radical (unpaired) electrons. The predicted octanol–water partition coefficient (Wildman–Crippen LogP) is 20.9. The lowest BCUT2D eigenvalue weighted by molar-refractivity contribution is -0.123. The Labute approximate surface area is 438 Å². The first-order valence-corrected chi connectivity index (χ1v) is 31.1. The molecule has 1 amide bonds. The van der Waals surface area contributed by atoms with Crippen LogP contribution >= 0.6 is 0 Å². The van der Waals surface area contributed by atoms with Gasteiger partial charge in [0.25, 0.3) is 0 Å². The van der Waals surface area contributed by atoms with Gasteiger partial charge in [-0.2, -0.15) is 0 Å². The highest BCUT2D eigenvalue weighted by atomic mass is 16.3. The number of rotatable bonds is 57. The molecule has 3 N–H and O–H groups in total. The Bertz CT molecular complexity index is 1200. The Morgan fingerprint density at radius 2 is 0.629 bits per heavy atom. The molecular weight excluding hydrogens is 855 g/mol. The predicted molar refractivity (Wildman–Crippen MR) is 313 cm³/mol. The number of unbranched alkanes of at least 4 members (excludes halogenated alkanes) is 38. The first kappa shape index (κ1) is 67.8. The lowest BCUT2D eigenvalue weighted by Crippen LogP contribution is -2.45. The summed E-state index contributed by atoms with van der Waals surface area (Å²) in [6.45, 7) is 4.27. The van der Waals surface area contributed by atoms with Gasteiger partial charge in [-0.3, -0.25) is 4.79 Å². The Balaban J connectivity index is 3.47. The van der Waals surface area contributed by atoms with Crippen molar-refractivity contribution in [3.63, 3.8) is 0 Å². The van der Waals surface area contributed by atoms with Crippen LogP contribution in [-0.2, 0) is 4.79 Å². The third kappa shape index (κ3) is 56.7. The minimum Gasteiger partial charge on any atom is -0.394 e. The highest BCUT2D eigenvalue weighted by Crippen LogP contribution is 2.18. The third-order valence-electron chi connectivity index (χ3n) is 14.2. The number of hydrogen-bond acceptors (Lipinski definition) is 3. The second-order valence-electron chi connectivity index (χ2n) is 21.1. The topological polar surface area (TPSA) is 69.6 Å². The zero-order chi connectivity index (χ0) is 50.6. The van der Waals surface area contributed by atoms with E-state index < -0.39 is 12.1 Å². The summed E-state index contributed by atoms with van der Waals surface area (Å²) in [6.07, 6.45) is 87.7. The summed E-state index contributed by atoms with van der Waals surface area (Å²) < 4.78 is 0. The van der Waals surface area contributed by atoms with Crippen LogP contribution in [0.2, 0.25) is 0 Å². The van der Waals surface area contributed by atoms with Crippen molar-refractivity contribution in [2.75, 3.05) is 6.61 Å². The average molecular weight is 977 g/mol. The maximum Gasteiger partial charge on any atom is 0.220 e. The molecule has 70 heavy (non-hydrogen) atoms. The van der Waals surface area contributed by atoms with Gasteiger partial charge in [0.1, 0.15) is 0 Å². The summed E-state index contributed by atoms with van der Waals surface area (Å²) in [6, 6.07) is -0.545. The van der Waals surface area contributed by atoms with Gasteiger partial charge < -0.3 is 15.5 Å². The van der Waals surface area contributed by atoms with Crippen LogP contribution in [0.1, 0.15) is 322 Å². The Kier molecular flexibility index (Phi) is 59.2. The zero-order valence-electron chi connectivity index (χ0n) is 47.0. The highest BCUT2D eigenvalue weighted by molar-refractivity contribution is 5.76. The largest absolute Gasteiger partial charge is 0.394 e. The van der Waals surface area contributed by atoms with Gasteiger partial charge in [-0.15, -0.1) is 0 Å². The Hall–Kier alpha value is -2.17. The second-order valence-corrected chi connectivity index (χ2v) is 21.1. The summed E-state index contributed by atoms with van der Waals surface area (Å²) in [5, 5.41) is 23.4. The van der Waals surface area contributed by atoms with Crippen LogP contribution in [0.15, 0.2) is 72.9 Å². The number of amides is 1. The van der Waals surface area contributed by atoms with Crippen molar-refractivity contribution < 1.29 is 15.0 Å². The van der Waals surface area contributed by atoms with Crippen LogP contribution in [0.4, 0.5) is 0 Å². The van der Waals surface area contributed by atoms with Crippen LogP contribution < -0.4 is 5.32 Å². The van der Waals surface area contributed by atoms with Crippen molar-refractivity contribution in [1.29, 1.82) is 0 Å². The molecule has 0 aromatic heterocycles. The van der Waals surface area contributed by atoms with Crippen molar-refractivity contribution in [3.8, 4) is 0 Å². The van der Waals surface area contributed by atoms with Gasteiger partial charge >= 0.3 is 0 Å². The summed E-state index contributed by atoms with van der Waals surface area (Å²) in [5.74, 6) is -0.0345. The van der Waals surface area contributed by atoms with E-state index in [-0.39, 0.29) is 12.5 Å². The first-order chi connectivity index (χ1) is 34.7. The molecule has 2 atom stereocenters. The van der Waals surface area contributed by atoms with E-state index in [0.717, 1.165) is 64.2 Å². The normalized spacial score (nSPS) is 13.3. The molecule has 0 aromatic rings.